The van der Waals surface area contributed by atoms with E-state index in [4.69, 9.17) is 16.7 Å². The minimum absolute atomic E-state index is 0.124. The maximum atomic E-state index is 13.1. The molecular weight excluding hydrogens is 262 g/mol. The van der Waals surface area contributed by atoms with Gasteiger partial charge in [0, 0.05) is 0 Å². The Balaban J connectivity index is 2.76. The Bertz CT molecular complexity index is 383. The summed E-state index contributed by atoms with van der Waals surface area (Å²) in [6.45, 7) is -1.83. The highest BCUT2D eigenvalue weighted by Crippen LogP contribution is 2.21. The van der Waals surface area contributed by atoms with Crippen molar-refractivity contribution in [1.29, 1.82) is 0 Å². The van der Waals surface area contributed by atoms with Crippen LogP contribution in [0.15, 0.2) is 18.2 Å². The molecule has 0 bridgehead atoms. The molecule has 0 spiro atoms. The number of hydrogen-bond acceptors (Lipinski definition) is 2. The smallest absolute Gasteiger partial charge is 0.394 e. The molecule has 1 rings (SSSR count). The second kappa shape index (κ2) is 5.66. The van der Waals surface area contributed by atoms with Gasteiger partial charge in [-0.25, -0.2) is 4.39 Å². The lowest BCUT2D eigenvalue weighted by Gasteiger charge is -2.18. The lowest BCUT2D eigenvalue weighted by molar-refractivity contribution is -0.126. The number of alkyl halides is 3. The number of rotatable bonds is 4. The quantitative estimate of drug-likeness (QED) is 0.825. The fourth-order valence-electron chi connectivity index (χ4n) is 1.26. The second-order valence-corrected chi connectivity index (χ2v) is 3.81. The molecule has 0 fully saturated rings. The van der Waals surface area contributed by atoms with Crippen LogP contribution in [0, 0.1) is 5.82 Å². The molecule has 0 aliphatic rings. The summed E-state index contributed by atoms with van der Waals surface area (Å²) in [6.07, 6.45) is -4.39. The molecule has 2 N–H and O–H groups in total. The van der Waals surface area contributed by atoms with E-state index in [0.29, 0.717) is 0 Å². The van der Waals surface area contributed by atoms with E-state index in [1.165, 1.54) is 12.1 Å². The lowest BCUT2D eigenvalue weighted by Crippen LogP contribution is -2.33. The van der Waals surface area contributed by atoms with E-state index < -0.39 is 31.2 Å². The maximum absolute atomic E-state index is 13.1. The highest BCUT2D eigenvalue weighted by molar-refractivity contribution is 6.30. The van der Waals surface area contributed by atoms with Gasteiger partial charge in [-0.15, -0.1) is 0 Å². The molecule has 0 aliphatic heterocycles. The number of nitrogens with one attached hydrogen (secondary N) is 1. The normalized spacial score (nSPS) is 13.8. The number of hydrogen-bond donors (Lipinski definition) is 2. The van der Waals surface area contributed by atoms with Gasteiger partial charge in [0.25, 0.3) is 0 Å². The van der Waals surface area contributed by atoms with Gasteiger partial charge in [-0.05, 0) is 17.7 Å². The van der Waals surface area contributed by atoms with Crippen LogP contribution in [0.3, 0.4) is 0 Å². The average molecular weight is 272 g/mol. The summed E-state index contributed by atoms with van der Waals surface area (Å²) in [7, 11) is 0. The third-order valence-electron chi connectivity index (χ3n) is 2.08. The molecule has 0 heterocycles. The zero-order valence-electron chi connectivity index (χ0n) is 8.56. The third-order valence-corrected chi connectivity index (χ3v) is 2.38. The van der Waals surface area contributed by atoms with E-state index in [2.05, 4.69) is 5.32 Å². The summed E-state index contributed by atoms with van der Waals surface area (Å²) in [5, 5.41) is 10.9. The van der Waals surface area contributed by atoms with Crippen LogP contribution in [0.5, 0.6) is 0 Å². The molecule has 0 radical (unpaired) electrons. The predicted molar refractivity (Wildman–Crippen MR) is 55.3 cm³/mol. The second-order valence-electron chi connectivity index (χ2n) is 3.40. The highest BCUT2D eigenvalue weighted by atomic mass is 35.5. The summed E-state index contributed by atoms with van der Waals surface area (Å²) in [6, 6.07) is 2.59. The molecule has 0 amide bonds. The van der Waals surface area contributed by atoms with E-state index in [0.717, 1.165) is 6.07 Å². The first-order valence-electron chi connectivity index (χ1n) is 4.69. The van der Waals surface area contributed by atoms with Gasteiger partial charge in [0.2, 0.25) is 0 Å². The molecule has 1 aromatic rings. The van der Waals surface area contributed by atoms with E-state index in [-0.39, 0.29) is 10.6 Å². The summed E-state index contributed by atoms with van der Waals surface area (Å²) >= 11 is 5.44. The standard InChI is InChI=1S/C10H10ClF4NO/c11-7-2-1-6(3-8(7)12)9(4-17)16-5-10(13,14)15/h1-3,9,16-17H,4-5H2. The van der Waals surface area contributed by atoms with Crippen molar-refractivity contribution in [2.75, 3.05) is 13.2 Å². The molecular formula is C10H10ClF4NO. The number of halogens is 5. The van der Waals surface area contributed by atoms with Gasteiger partial charge >= 0.3 is 6.18 Å². The fourth-order valence-corrected chi connectivity index (χ4v) is 1.37. The van der Waals surface area contributed by atoms with Crippen LogP contribution in [0.25, 0.3) is 0 Å². The monoisotopic (exact) mass is 271 g/mol. The van der Waals surface area contributed by atoms with Crippen LogP contribution >= 0.6 is 11.6 Å². The summed E-state index contributed by atoms with van der Waals surface area (Å²) in [5.74, 6) is -0.739. The molecule has 17 heavy (non-hydrogen) atoms. The van der Waals surface area contributed by atoms with Crippen LogP contribution < -0.4 is 5.32 Å². The topological polar surface area (TPSA) is 32.3 Å². The van der Waals surface area contributed by atoms with Gasteiger partial charge in [0.05, 0.1) is 24.2 Å². The summed E-state index contributed by atoms with van der Waals surface area (Å²) < 4.78 is 49.0. The van der Waals surface area contributed by atoms with E-state index in [9.17, 15) is 17.6 Å². The maximum Gasteiger partial charge on any atom is 0.401 e. The number of aliphatic hydroxyl groups excluding tert-OH is 1. The molecule has 1 atom stereocenters. The molecule has 96 valence electrons. The van der Waals surface area contributed by atoms with E-state index in [1.54, 1.807) is 0 Å². The SMILES string of the molecule is OCC(NCC(F)(F)F)c1ccc(Cl)c(F)c1. The molecule has 1 aromatic carbocycles. The molecule has 7 heteroatoms. The zero-order valence-corrected chi connectivity index (χ0v) is 9.32. The van der Waals surface area contributed by atoms with Gasteiger partial charge < -0.3 is 5.11 Å². The van der Waals surface area contributed by atoms with Crippen LogP contribution in [-0.2, 0) is 0 Å². The summed E-state index contributed by atoms with van der Waals surface area (Å²) in [4.78, 5) is 0. The Hall–Kier alpha value is -0.850. The van der Waals surface area contributed by atoms with Crippen LogP contribution in [0.2, 0.25) is 5.02 Å². The molecule has 0 aliphatic carbocycles. The van der Waals surface area contributed by atoms with Crippen molar-refractivity contribution in [1.82, 2.24) is 5.32 Å². The van der Waals surface area contributed by atoms with Crippen molar-refractivity contribution in [2.45, 2.75) is 12.2 Å². The number of benzene rings is 1. The average Bonchev–Trinajstić information content (AvgIpc) is 2.22. The van der Waals surface area contributed by atoms with Crippen molar-refractivity contribution in [3.05, 3.63) is 34.6 Å². The zero-order chi connectivity index (χ0) is 13.1. The lowest BCUT2D eigenvalue weighted by atomic mass is 10.1. The third kappa shape index (κ3) is 4.49. The first-order valence-corrected chi connectivity index (χ1v) is 5.07. The molecule has 1 unspecified atom stereocenters. The minimum atomic E-state index is -4.39. The Morgan fingerprint density at radius 3 is 2.47 bits per heavy atom. The van der Waals surface area contributed by atoms with E-state index >= 15 is 0 Å². The van der Waals surface area contributed by atoms with Crippen molar-refractivity contribution in [3.8, 4) is 0 Å². The Morgan fingerprint density at radius 2 is 2.00 bits per heavy atom. The molecule has 0 saturated heterocycles. The minimum Gasteiger partial charge on any atom is -0.394 e. The van der Waals surface area contributed by atoms with Gasteiger partial charge in [-0.1, -0.05) is 17.7 Å². The number of aliphatic hydroxyl groups is 1. The highest BCUT2D eigenvalue weighted by Gasteiger charge is 2.28. The Morgan fingerprint density at radius 1 is 1.35 bits per heavy atom. The van der Waals surface area contributed by atoms with Crippen molar-refractivity contribution in [3.63, 3.8) is 0 Å². The molecule has 2 nitrogen and oxygen atoms in total. The predicted octanol–water partition coefficient (Wildman–Crippen LogP) is 2.66. The van der Waals surface area contributed by atoms with Crippen molar-refractivity contribution >= 4 is 11.6 Å². The van der Waals surface area contributed by atoms with Gasteiger partial charge in [-0.2, -0.15) is 13.2 Å². The Labute approximate surface area is 100 Å². The largest absolute Gasteiger partial charge is 0.401 e. The van der Waals surface area contributed by atoms with Crippen LogP contribution in [-0.4, -0.2) is 24.4 Å². The van der Waals surface area contributed by atoms with Crippen LogP contribution in [0.4, 0.5) is 17.6 Å². The van der Waals surface area contributed by atoms with Gasteiger partial charge in [0.15, 0.2) is 0 Å². The van der Waals surface area contributed by atoms with Crippen molar-refractivity contribution < 1.29 is 22.7 Å². The van der Waals surface area contributed by atoms with E-state index in [1.807, 2.05) is 0 Å². The Kier molecular flexibility index (Phi) is 4.73. The first kappa shape index (κ1) is 14.2. The molecule has 0 saturated carbocycles. The van der Waals surface area contributed by atoms with Gasteiger partial charge in [0.1, 0.15) is 5.82 Å². The van der Waals surface area contributed by atoms with Gasteiger partial charge in [-0.3, -0.25) is 5.32 Å². The first-order chi connectivity index (χ1) is 7.83. The van der Waals surface area contributed by atoms with Crippen molar-refractivity contribution in [2.24, 2.45) is 0 Å². The molecule has 0 aromatic heterocycles. The van der Waals surface area contributed by atoms with Crippen LogP contribution in [0.1, 0.15) is 11.6 Å². The summed E-state index contributed by atoms with van der Waals surface area (Å²) in [5.41, 5.74) is 0.207. The fraction of sp³-hybridized carbons (Fsp3) is 0.400.